The van der Waals surface area contributed by atoms with Gasteiger partial charge in [0.15, 0.2) is 0 Å². The third-order valence-corrected chi connectivity index (χ3v) is 4.14. The van der Waals surface area contributed by atoms with Crippen LogP contribution in [0.2, 0.25) is 10.0 Å². The molecule has 1 aromatic carbocycles. The topological polar surface area (TPSA) is 112 Å². The third-order valence-electron chi connectivity index (χ3n) is 3.61. The van der Waals surface area contributed by atoms with E-state index in [4.69, 9.17) is 27.9 Å². The lowest BCUT2D eigenvalue weighted by Gasteiger charge is -2.08. The molecule has 0 saturated carbocycles. The van der Waals surface area contributed by atoms with Crippen molar-refractivity contribution in [2.45, 2.75) is 33.2 Å². The van der Waals surface area contributed by atoms with Crippen LogP contribution in [-0.4, -0.2) is 32.9 Å². The minimum atomic E-state index is -0.558. The van der Waals surface area contributed by atoms with Crippen LogP contribution in [0.3, 0.4) is 0 Å². The first-order valence-electron chi connectivity index (χ1n) is 8.35. The number of nitrogens with zero attached hydrogens (tertiary/aromatic N) is 4. The summed E-state index contributed by atoms with van der Waals surface area (Å²) in [6, 6.07) is 6.29. The normalized spacial score (nSPS) is 11.4. The van der Waals surface area contributed by atoms with Crippen LogP contribution in [0.15, 0.2) is 29.4 Å². The summed E-state index contributed by atoms with van der Waals surface area (Å²) in [5.74, 6) is 0.00692. The van der Waals surface area contributed by atoms with E-state index in [1.54, 1.807) is 32.0 Å². The summed E-state index contributed by atoms with van der Waals surface area (Å²) in [6.07, 6.45) is 0.693. The average molecular weight is 428 g/mol. The molecular formula is C17H19Cl2N5O4. The van der Waals surface area contributed by atoms with E-state index in [0.29, 0.717) is 40.2 Å². The number of carbonyl (C=O) groups is 1. The van der Waals surface area contributed by atoms with Gasteiger partial charge in [0, 0.05) is 11.4 Å². The Kier molecular flexibility index (Phi) is 7.77. The number of ether oxygens (including phenoxy) is 1. The molecule has 1 N–H and O–H groups in total. The number of hydrogen-bond donors (Lipinski definition) is 1. The van der Waals surface area contributed by atoms with Crippen molar-refractivity contribution in [3.8, 4) is 5.75 Å². The van der Waals surface area contributed by atoms with Gasteiger partial charge in [-0.15, -0.1) is 0 Å². The van der Waals surface area contributed by atoms with Gasteiger partial charge in [0.1, 0.15) is 12.3 Å². The number of aromatic nitrogens is 2. The van der Waals surface area contributed by atoms with E-state index in [9.17, 15) is 14.9 Å². The molecule has 28 heavy (non-hydrogen) atoms. The summed E-state index contributed by atoms with van der Waals surface area (Å²) in [7, 11) is 0. The molecule has 0 aliphatic rings. The largest absolute Gasteiger partial charge is 0.492 e. The van der Waals surface area contributed by atoms with Crippen molar-refractivity contribution >= 4 is 40.6 Å². The molecule has 150 valence electrons. The van der Waals surface area contributed by atoms with Gasteiger partial charge in [-0.2, -0.15) is 9.78 Å². The summed E-state index contributed by atoms with van der Waals surface area (Å²) in [5.41, 5.74) is 3.63. The first-order valence-corrected chi connectivity index (χ1v) is 9.10. The quantitative estimate of drug-likeness (QED) is 0.283. The van der Waals surface area contributed by atoms with Crippen molar-refractivity contribution in [2.75, 3.05) is 6.61 Å². The zero-order chi connectivity index (χ0) is 20.7. The van der Waals surface area contributed by atoms with Gasteiger partial charge in [0.25, 0.3) is 0 Å². The third kappa shape index (κ3) is 6.50. The molecular weight excluding hydrogens is 409 g/mol. The van der Waals surface area contributed by atoms with Crippen molar-refractivity contribution in [3.63, 3.8) is 0 Å². The number of nitrogens with one attached hydrogen (secondary N) is 1. The summed E-state index contributed by atoms with van der Waals surface area (Å²) < 4.78 is 6.96. The number of benzene rings is 1. The first-order chi connectivity index (χ1) is 13.3. The Hall–Kier alpha value is -2.65. The summed E-state index contributed by atoms with van der Waals surface area (Å²) in [5, 5.41) is 19.5. The lowest BCUT2D eigenvalue weighted by Crippen LogP contribution is -2.21. The highest BCUT2D eigenvalue weighted by Crippen LogP contribution is 2.27. The Morgan fingerprint density at radius 2 is 2.14 bits per heavy atom. The van der Waals surface area contributed by atoms with E-state index < -0.39 is 4.92 Å². The second-order valence-electron chi connectivity index (χ2n) is 5.97. The van der Waals surface area contributed by atoms with Gasteiger partial charge in [0.2, 0.25) is 5.91 Å². The van der Waals surface area contributed by atoms with Crippen LogP contribution in [0.5, 0.6) is 5.75 Å². The van der Waals surface area contributed by atoms with E-state index in [1.807, 2.05) is 0 Å². The predicted molar refractivity (Wildman–Crippen MR) is 106 cm³/mol. The zero-order valence-corrected chi connectivity index (χ0v) is 16.8. The van der Waals surface area contributed by atoms with Gasteiger partial charge in [-0.05, 0) is 43.4 Å². The molecule has 1 amide bonds. The summed E-state index contributed by atoms with van der Waals surface area (Å²) in [6.45, 7) is 3.95. The second kappa shape index (κ2) is 10.0. The standard InChI is InChI=1S/C17H19Cl2N5O4/c1-11(10-23-12(2)8-16(22-23)24(26)27)20-21-17(25)4-3-7-28-15-6-5-13(18)9-14(15)19/h5-6,8-9H,3-4,7,10H2,1-2H3,(H,21,25). The zero-order valence-electron chi connectivity index (χ0n) is 15.3. The number of hydrazone groups is 1. The number of rotatable bonds is 9. The SMILES string of the molecule is CC(Cn1nc([N+](=O)[O-])cc1C)=NNC(=O)CCCOc1ccc(Cl)cc1Cl. The molecule has 0 atom stereocenters. The second-order valence-corrected chi connectivity index (χ2v) is 6.81. The van der Waals surface area contributed by atoms with Crippen LogP contribution in [0, 0.1) is 17.0 Å². The molecule has 0 spiro atoms. The number of amides is 1. The van der Waals surface area contributed by atoms with E-state index in [1.165, 1.54) is 10.7 Å². The van der Waals surface area contributed by atoms with Gasteiger partial charge in [-0.3, -0.25) is 4.79 Å². The number of aryl methyl sites for hydroxylation is 1. The molecule has 0 aliphatic carbocycles. The number of nitro groups is 1. The molecule has 2 aromatic rings. The van der Waals surface area contributed by atoms with Crippen LogP contribution in [0.4, 0.5) is 5.82 Å². The Balaban J connectivity index is 1.74. The van der Waals surface area contributed by atoms with E-state index >= 15 is 0 Å². The van der Waals surface area contributed by atoms with Crippen molar-refractivity contribution in [2.24, 2.45) is 5.10 Å². The van der Waals surface area contributed by atoms with Crippen molar-refractivity contribution in [1.82, 2.24) is 15.2 Å². The maximum absolute atomic E-state index is 11.9. The average Bonchev–Trinajstić information content (AvgIpc) is 2.99. The molecule has 0 aliphatic heterocycles. The maximum Gasteiger partial charge on any atom is 0.390 e. The van der Waals surface area contributed by atoms with E-state index in [-0.39, 0.29) is 24.7 Å². The smallest absolute Gasteiger partial charge is 0.390 e. The van der Waals surface area contributed by atoms with Crippen LogP contribution >= 0.6 is 23.2 Å². The molecule has 1 aromatic heterocycles. The lowest BCUT2D eigenvalue weighted by molar-refractivity contribution is -0.389. The molecule has 1 heterocycles. The highest BCUT2D eigenvalue weighted by atomic mass is 35.5. The van der Waals surface area contributed by atoms with E-state index in [2.05, 4.69) is 15.6 Å². The molecule has 0 fully saturated rings. The van der Waals surface area contributed by atoms with Gasteiger partial charge in [-0.1, -0.05) is 23.2 Å². The highest BCUT2D eigenvalue weighted by Gasteiger charge is 2.15. The van der Waals surface area contributed by atoms with Crippen LogP contribution in [0.25, 0.3) is 0 Å². The molecule has 11 heteroatoms. The monoisotopic (exact) mass is 427 g/mol. The summed E-state index contributed by atoms with van der Waals surface area (Å²) >= 11 is 11.8. The first kappa shape index (κ1) is 21.6. The molecule has 9 nitrogen and oxygen atoms in total. The van der Waals surface area contributed by atoms with Crippen molar-refractivity contribution < 1.29 is 14.5 Å². The minimum Gasteiger partial charge on any atom is -0.492 e. The van der Waals surface area contributed by atoms with Gasteiger partial charge in [-0.25, -0.2) is 5.43 Å². The maximum atomic E-state index is 11.9. The Morgan fingerprint density at radius 1 is 1.39 bits per heavy atom. The van der Waals surface area contributed by atoms with E-state index in [0.717, 1.165) is 0 Å². The van der Waals surface area contributed by atoms with Crippen molar-refractivity contribution in [3.05, 3.63) is 50.1 Å². The Labute approximate surface area is 171 Å². The Morgan fingerprint density at radius 3 is 2.79 bits per heavy atom. The fourth-order valence-corrected chi connectivity index (χ4v) is 2.68. The Bertz CT molecular complexity index is 898. The fourth-order valence-electron chi connectivity index (χ4n) is 2.21. The fraction of sp³-hybridized carbons (Fsp3) is 0.353. The molecule has 0 bridgehead atoms. The lowest BCUT2D eigenvalue weighted by atomic mass is 10.3. The predicted octanol–water partition coefficient (Wildman–Crippen LogP) is 3.76. The minimum absolute atomic E-state index is 0.217. The van der Waals surface area contributed by atoms with Gasteiger partial charge in [0.05, 0.1) is 34.2 Å². The number of carbonyl (C=O) groups excluding carboxylic acids is 1. The van der Waals surface area contributed by atoms with Gasteiger partial charge >= 0.3 is 5.82 Å². The molecule has 0 radical (unpaired) electrons. The van der Waals surface area contributed by atoms with Crippen LogP contribution < -0.4 is 10.2 Å². The highest BCUT2D eigenvalue weighted by molar-refractivity contribution is 6.35. The summed E-state index contributed by atoms with van der Waals surface area (Å²) in [4.78, 5) is 22.0. The molecule has 0 unspecified atom stereocenters. The van der Waals surface area contributed by atoms with Crippen molar-refractivity contribution in [1.29, 1.82) is 0 Å². The number of hydrogen-bond acceptors (Lipinski definition) is 6. The van der Waals surface area contributed by atoms with Crippen LogP contribution in [0.1, 0.15) is 25.5 Å². The number of halogens is 2. The molecule has 0 saturated heterocycles. The van der Waals surface area contributed by atoms with Crippen LogP contribution in [-0.2, 0) is 11.3 Å². The van der Waals surface area contributed by atoms with Gasteiger partial charge < -0.3 is 14.9 Å². The molecule has 2 rings (SSSR count).